The quantitative estimate of drug-likeness (QED) is 0.0265. The van der Waals surface area contributed by atoms with E-state index in [0.29, 0.717) is 23.9 Å². The van der Waals surface area contributed by atoms with E-state index in [1.165, 1.54) is 109 Å². The van der Waals surface area contributed by atoms with Gasteiger partial charge in [0.15, 0.2) is 0 Å². The molecule has 3 atom stereocenters. The van der Waals surface area contributed by atoms with Crippen molar-refractivity contribution in [3.63, 3.8) is 0 Å². The number of unbranched alkanes of at least 4 members (excludes halogenated alkanes) is 20. The lowest BCUT2D eigenvalue weighted by molar-refractivity contribution is -0.870. The van der Waals surface area contributed by atoms with Gasteiger partial charge in [-0.05, 0) is 38.5 Å². The summed E-state index contributed by atoms with van der Waals surface area (Å²) in [5.74, 6) is -0.153. The number of hydrogen-bond donors (Lipinski definition) is 3. The zero-order valence-corrected chi connectivity index (χ0v) is 32.4. The second-order valence-corrected chi connectivity index (χ2v) is 16.1. The van der Waals surface area contributed by atoms with Gasteiger partial charge in [0.1, 0.15) is 13.2 Å². The van der Waals surface area contributed by atoms with E-state index >= 15 is 0 Å². The van der Waals surface area contributed by atoms with Gasteiger partial charge in [-0.15, -0.1) is 0 Å². The number of rotatable bonds is 35. The van der Waals surface area contributed by atoms with Crippen molar-refractivity contribution in [1.29, 1.82) is 0 Å². The lowest BCUT2D eigenvalue weighted by atomic mass is 10.0. The van der Waals surface area contributed by atoms with Crippen LogP contribution in [0.25, 0.3) is 0 Å². The van der Waals surface area contributed by atoms with E-state index in [-0.39, 0.29) is 19.1 Å². The molecule has 0 heterocycles. The van der Waals surface area contributed by atoms with Gasteiger partial charge >= 0.3 is 7.82 Å². The molecule has 0 saturated carbocycles. The van der Waals surface area contributed by atoms with Crippen LogP contribution in [0.5, 0.6) is 0 Å². The predicted molar refractivity (Wildman–Crippen MR) is 198 cm³/mol. The van der Waals surface area contributed by atoms with Crippen LogP contribution in [0.2, 0.25) is 0 Å². The third-order valence-corrected chi connectivity index (χ3v) is 9.75. The Kier molecular flexibility index (Phi) is 30.7. The minimum atomic E-state index is -4.30. The van der Waals surface area contributed by atoms with Crippen molar-refractivity contribution in [3.05, 3.63) is 12.2 Å². The Hall–Kier alpha value is -0.760. The van der Waals surface area contributed by atoms with Crippen molar-refractivity contribution in [1.82, 2.24) is 5.32 Å². The molecule has 0 aromatic rings. The summed E-state index contributed by atoms with van der Waals surface area (Å²) in [6, 6.07) is -0.755. The van der Waals surface area contributed by atoms with Crippen molar-refractivity contribution in [2.75, 3.05) is 40.9 Å². The van der Waals surface area contributed by atoms with E-state index in [1.54, 1.807) is 0 Å². The average Bonchev–Trinajstić information content (AvgIpc) is 3.01. The minimum absolute atomic E-state index is 0.0749. The maximum Gasteiger partial charge on any atom is 0.472 e. The highest BCUT2D eigenvalue weighted by Crippen LogP contribution is 2.43. The van der Waals surface area contributed by atoms with Crippen LogP contribution < -0.4 is 5.32 Å². The second kappa shape index (κ2) is 31.2. The SMILES string of the molecule is CCCCCCCC/C=C\CCCCCCCCCC(=O)NC(COP(=O)(O)OCC[N+](C)(C)C)C(O)CCCCCCCCCC. The summed E-state index contributed by atoms with van der Waals surface area (Å²) in [7, 11) is 1.61. The summed E-state index contributed by atoms with van der Waals surface area (Å²) in [4.78, 5) is 23.0. The number of phosphoric ester groups is 1. The van der Waals surface area contributed by atoms with Crippen LogP contribution in [0.3, 0.4) is 0 Å². The Labute approximate surface area is 291 Å². The molecule has 8 nitrogen and oxygen atoms in total. The van der Waals surface area contributed by atoms with Gasteiger partial charge in [-0.1, -0.05) is 142 Å². The number of allylic oxidation sites excluding steroid dienone is 2. The molecule has 0 spiro atoms. The molecule has 280 valence electrons. The van der Waals surface area contributed by atoms with Crippen LogP contribution >= 0.6 is 7.82 Å². The van der Waals surface area contributed by atoms with Gasteiger partial charge in [-0.2, -0.15) is 0 Å². The summed E-state index contributed by atoms with van der Waals surface area (Å²) in [5, 5.41) is 13.8. The van der Waals surface area contributed by atoms with Crippen LogP contribution in [-0.2, 0) is 18.4 Å². The monoisotopic (exact) mass is 690 g/mol. The molecule has 9 heteroatoms. The number of likely N-dealkylation sites (N-methyl/N-ethyl adjacent to an activating group) is 1. The number of aliphatic hydroxyl groups is 1. The Balaban J connectivity index is 4.34. The number of phosphoric acid groups is 1. The number of hydrogen-bond acceptors (Lipinski definition) is 5. The smallest absolute Gasteiger partial charge is 0.391 e. The third-order valence-electron chi connectivity index (χ3n) is 8.76. The first kappa shape index (κ1) is 46.2. The number of carbonyl (C=O) groups is 1. The standard InChI is InChI=1S/C38H77N2O6P/c1-6-8-10-12-14-16-17-18-19-20-21-22-23-24-26-28-30-32-38(42)39-36(35-46-47(43,44)45-34-33-40(3,4)5)37(41)31-29-27-25-15-13-11-9-7-2/h18-19,36-37,41H,6-17,20-35H2,1-5H3,(H-,39,42,43,44)/p+1/b19-18-. The highest BCUT2D eigenvalue weighted by Gasteiger charge is 2.28. The van der Waals surface area contributed by atoms with Crippen molar-refractivity contribution >= 4 is 13.7 Å². The summed E-state index contributed by atoms with van der Waals surface area (Å²) in [6.07, 6.45) is 32.4. The number of nitrogens with one attached hydrogen (secondary N) is 1. The van der Waals surface area contributed by atoms with Crippen molar-refractivity contribution in [2.24, 2.45) is 0 Å². The molecule has 0 saturated heterocycles. The molecule has 3 N–H and O–H groups in total. The van der Waals surface area contributed by atoms with Crippen molar-refractivity contribution in [3.8, 4) is 0 Å². The summed E-state index contributed by atoms with van der Waals surface area (Å²) >= 11 is 0. The summed E-state index contributed by atoms with van der Waals surface area (Å²) in [6.45, 7) is 4.83. The first-order chi connectivity index (χ1) is 22.5. The molecule has 0 rings (SSSR count). The van der Waals surface area contributed by atoms with Crippen LogP contribution in [0.1, 0.15) is 174 Å². The maximum absolute atomic E-state index is 12.8. The van der Waals surface area contributed by atoms with Gasteiger partial charge in [0.2, 0.25) is 5.91 Å². The maximum atomic E-state index is 12.8. The summed E-state index contributed by atoms with van der Waals surface area (Å²) < 4.78 is 23.5. The molecule has 0 aromatic heterocycles. The fraction of sp³-hybridized carbons (Fsp3) is 0.921. The first-order valence-electron chi connectivity index (χ1n) is 19.6. The molecule has 0 aromatic carbocycles. The van der Waals surface area contributed by atoms with Gasteiger partial charge < -0.3 is 19.8 Å². The van der Waals surface area contributed by atoms with Crippen LogP contribution in [0.15, 0.2) is 12.2 Å². The van der Waals surface area contributed by atoms with Crippen molar-refractivity contribution in [2.45, 2.75) is 187 Å². The largest absolute Gasteiger partial charge is 0.472 e. The minimum Gasteiger partial charge on any atom is -0.391 e. The molecule has 0 aliphatic rings. The van der Waals surface area contributed by atoms with Crippen LogP contribution in [0, 0.1) is 0 Å². The Morgan fingerprint density at radius 1 is 0.702 bits per heavy atom. The van der Waals surface area contributed by atoms with E-state index in [9.17, 15) is 19.4 Å². The molecule has 0 bridgehead atoms. The van der Waals surface area contributed by atoms with E-state index in [2.05, 4.69) is 31.3 Å². The molecule has 0 radical (unpaired) electrons. The molecular formula is C38H78N2O6P+. The van der Waals surface area contributed by atoms with Gasteiger partial charge in [0, 0.05) is 6.42 Å². The zero-order chi connectivity index (χ0) is 35.1. The van der Waals surface area contributed by atoms with E-state index in [1.807, 2.05) is 21.1 Å². The number of carbonyl (C=O) groups excluding carboxylic acids is 1. The van der Waals surface area contributed by atoms with E-state index in [4.69, 9.17) is 9.05 Å². The zero-order valence-electron chi connectivity index (χ0n) is 31.5. The Morgan fingerprint density at radius 3 is 1.64 bits per heavy atom. The lowest BCUT2D eigenvalue weighted by Gasteiger charge is -2.26. The van der Waals surface area contributed by atoms with E-state index in [0.717, 1.165) is 38.5 Å². The number of aliphatic hydroxyl groups excluding tert-OH is 1. The van der Waals surface area contributed by atoms with Crippen LogP contribution in [0.4, 0.5) is 0 Å². The van der Waals surface area contributed by atoms with E-state index < -0.39 is 20.0 Å². The summed E-state index contributed by atoms with van der Waals surface area (Å²) in [5.41, 5.74) is 0. The lowest BCUT2D eigenvalue weighted by Crippen LogP contribution is -2.46. The van der Waals surface area contributed by atoms with Crippen molar-refractivity contribution < 1.29 is 32.9 Å². The molecule has 0 fully saturated rings. The Morgan fingerprint density at radius 2 is 1.15 bits per heavy atom. The predicted octanol–water partition coefficient (Wildman–Crippen LogP) is 10.0. The molecular weight excluding hydrogens is 611 g/mol. The van der Waals surface area contributed by atoms with Crippen LogP contribution in [-0.4, -0.2) is 73.4 Å². The molecule has 1 amide bonds. The fourth-order valence-electron chi connectivity index (χ4n) is 5.57. The fourth-order valence-corrected chi connectivity index (χ4v) is 6.30. The van der Waals surface area contributed by atoms with Gasteiger partial charge in [0.05, 0.1) is 39.9 Å². The average molecular weight is 690 g/mol. The molecule has 3 unspecified atom stereocenters. The van der Waals surface area contributed by atoms with Gasteiger partial charge in [-0.25, -0.2) is 4.57 Å². The topological polar surface area (TPSA) is 105 Å². The normalized spacial score (nSPS) is 14.8. The third kappa shape index (κ3) is 33.5. The highest BCUT2D eigenvalue weighted by molar-refractivity contribution is 7.47. The number of amides is 1. The number of nitrogens with zero attached hydrogens (tertiary/aromatic N) is 1. The molecule has 0 aliphatic heterocycles. The second-order valence-electron chi connectivity index (χ2n) is 14.7. The Bertz CT molecular complexity index is 789. The highest BCUT2D eigenvalue weighted by atomic mass is 31.2. The molecule has 0 aliphatic carbocycles. The first-order valence-corrected chi connectivity index (χ1v) is 21.0. The van der Waals surface area contributed by atoms with Gasteiger partial charge in [-0.3, -0.25) is 13.8 Å². The number of quaternary nitrogens is 1. The van der Waals surface area contributed by atoms with Gasteiger partial charge in [0.25, 0.3) is 0 Å². The molecule has 47 heavy (non-hydrogen) atoms.